The Hall–Kier alpha value is -4.32. The standard InChI is InChI=1S/C24H14O6/c25-15-9-19(27)17-4-6-21(29-23(17)11-15)13-2-1-3-14(8-13)22-7-5-18-20(28)10-16(26)12-24(18)30-22/h1-12H,(H2-2,25,26,27,28)/p+2. The lowest BCUT2D eigenvalue weighted by molar-refractivity contribution is 0.451. The molecule has 0 unspecified atom stereocenters. The van der Waals surface area contributed by atoms with Crippen molar-refractivity contribution in [1.29, 1.82) is 0 Å². The second kappa shape index (κ2) is 6.63. The minimum Gasteiger partial charge on any atom is -0.507 e. The van der Waals surface area contributed by atoms with E-state index in [9.17, 15) is 20.4 Å². The Kier molecular flexibility index (Phi) is 3.93. The summed E-state index contributed by atoms with van der Waals surface area (Å²) in [5.41, 5.74) is 2.26. The first-order chi connectivity index (χ1) is 14.5. The SMILES string of the molecule is Oc1cc(O)c2ccc(-c3cccc(-c4ccc5c(O)cc(O)cc5[o+]4)c3)[o+]c2c1. The number of hydrogen-bond acceptors (Lipinski definition) is 4. The summed E-state index contributed by atoms with van der Waals surface area (Å²) >= 11 is 0. The van der Waals surface area contributed by atoms with Gasteiger partial charge in [0, 0.05) is 24.3 Å². The Bertz CT molecular complexity index is 1330. The summed E-state index contributed by atoms with van der Waals surface area (Å²) < 4.78 is 11.8. The third-order valence-electron chi connectivity index (χ3n) is 4.88. The lowest BCUT2D eigenvalue weighted by atomic mass is 10.1. The fourth-order valence-corrected chi connectivity index (χ4v) is 3.46. The molecule has 0 fully saturated rings. The maximum absolute atomic E-state index is 9.96. The van der Waals surface area contributed by atoms with Crippen LogP contribution in [-0.2, 0) is 0 Å². The van der Waals surface area contributed by atoms with Crippen LogP contribution in [0.25, 0.3) is 44.6 Å². The molecule has 6 heteroatoms. The topological polar surface area (TPSA) is 104 Å². The molecule has 0 aliphatic carbocycles. The normalized spacial score (nSPS) is 11.2. The summed E-state index contributed by atoms with van der Waals surface area (Å²) in [6, 6.07) is 19.8. The number of phenols is 4. The molecule has 2 aromatic heterocycles. The van der Waals surface area contributed by atoms with Crippen LogP contribution in [0.2, 0.25) is 0 Å². The van der Waals surface area contributed by atoms with Crippen molar-refractivity contribution in [3.8, 4) is 45.6 Å². The van der Waals surface area contributed by atoms with Gasteiger partial charge >= 0.3 is 22.7 Å². The van der Waals surface area contributed by atoms with Gasteiger partial charge in [-0.05, 0) is 30.3 Å². The Morgan fingerprint density at radius 3 is 1.43 bits per heavy atom. The van der Waals surface area contributed by atoms with Crippen LogP contribution in [-0.4, -0.2) is 20.4 Å². The van der Waals surface area contributed by atoms with E-state index >= 15 is 0 Å². The largest absolute Gasteiger partial charge is 0.507 e. The van der Waals surface area contributed by atoms with Crippen molar-refractivity contribution >= 4 is 21.9 Å². The second-order valence-corrected chi connectivity index (χ2v) is 6.93. The van der Waals surface area contributed by atoms with Crippen molar-refractivity contribution in [2.45, 2.75) is 0 Å². The first kappa shape index (κ1) is 17.8. The van der Waals surface area contributed by atoms with Crippen LogP contribution in [0.4, 0.5) is 0 Å². The molecule has 5 aromatic rings. The van der Waals surface area contributed by atoms with Crippen molar-refractivity contribution in [2.75, 3.05) is 0 Å². The molecule has 0 saturated heterocycles. The summed E-state index contributed by atoms with van der Waals surface area (Å²) in [7, 11) is 0. The predicted molar refractivity (Wildman–Crippen MR) is 112 cm³/mol. The van der Waals surface area contributed by atoms with Gasteiger partial charge in [-0.1, -0.05) is 6.07 Å². The van der Waals surface area contributed by atoms with Crippen molar-refractivity contribution in [3.63, 3.8) is 0 Å². The van der Waals surface area contributed by atoms with E-state index < -0.39 is 0 Å². The molecule has 0 aliphatic rings. The lowest BCUT2D eigenvalue weighted by Crippen LogP contribution is -1.84. The fourth-order valence-electron chi connectivity index (χ4n) is 3.46. The number of fused-ring (bicyclic) bond motifs is 2. The molecule has 0 amide bonds. The van der Waals surface area contributed by atoms with Gasteiger partial charge in [0.25, 0.3) is 0 Å². The maximum Gasteiger partial charge on any atom is 0.368 e. The van der Waals surface area contributed by atoms with E-state index in [2.05, 4.69) is 0 Å². The lowest BCUT2D eigenvalue weighted by Gasteiger charge is -1.99. The third-order valence-corrected chi connectivity index (χ3v) is 4.88. The Labute approximate surface area is 170 Å². The molecule has 146 valence electrons. The summed E-state index contributed by atoms with van der Waals surface area (Å²) in [6.45, 7) is 0. The number of phenolic OH excluding ortho intramolecular Hbond substituents is 4. The molecule has 0 atom stereocenters. The van der Waals surface area contributed by atoms with E-state index in [4.69, 9.17) is 8.83 Å². The van der Waals surface area contributed by atoms with Crippen LogP contribution in [0.15, 0.2) is 81.6 Å². The average molecular weight is 400 g/mol. The average Bonchev–Trinajstić information content (AvgIpc) is 2.72. The highest BCUT2D eigenvalue weighted by Crippen LogP contribution is 2.36. The predicted octanol–water partition coefficient (Wildman–Crippen LogP) is 5.90. The van der Waals surface area contributed by atoms with Gasteiger partial charge in [0.05, 0.1) is 23.3 Å². The quantitative estimate of drug-likeness (QED) is 0.275. The second-order valence-electron chi connectivity index (χ2n) is 6.93. The van der Waals surface area contributed by atoms with E-state index in [1.54, 1.807) is 24.3 Å². The minimum absolute atomic E-state index is 0.0597. The molecule has 5 rings (SSSR count). The number of benzene rings is 3. The maximum atomic E-state index is 9.96. The van der Waals surface area contributed by atoms with Gasteiger partial charge in [0.2, 0.25) is 0 Å². The first-order valence-corrected chi connectivity index (χ1v) is 9.16. The van der Waals surface area contributed by atoms with Crippen LogP contribution in [0.5, 0.6) is 23.0 Å². The summed E-state index contributed by atoms with van der Waals surface area (Å²) in [6.07, 6.45) is 0. The highest BCUT2D eigenvalue weighted by Gasteiger charge is 2.22. The van der Waals surface area contributed by atoms with Gasteiger partial charge in [-0.3, -0.25) is 0 Å². The molecule has 0 aliphatic heterocycles. The molecule has 30 heavy (non-hydrogen) atoms. The van der Waals surface area contributed by atoms with E-state index in [1.165, 1.54) is 24.3 Å². The van der Waals surface area contributed by atoms with Crippen molar-refractivity contribution in [2.24, 2.45) is 0 Å². The van der Waals surface area contributed by atoms with Crippen molar-refractivity contribution in [3.05, 3.63) is 72.8 Å². The Balaban J connectivity index is 1.61. The zero-order chi connectivity index (χ0) is 20.8. The highest BCUT2D eigenvalue weighted by molar-refractivity contribution is 5.87. The van der Waals surface area contributed by atoms with E-state index in [0.29, 0.717) is 33.5 Å². The van der Waals surface area contributed by atoms with Gasteiger partial charge in [-0.2, -0.15) is 0 Å². The fraction of sp³-hybridized carbons (Fsp3) is 0. The van der Waals surface area contributed by atoms with Gasteiger partial charge in [0.1, 0.15) is 33.8 Å². The molecule has 0 saturated carbocycles. The van der Waals surface area contributed by atoms with Crippen LogP contribution in [0, 0.1) is 0 Å². The Morgan fingerprint density at radius 1 is 0.500 bits per heavy atom. The van der Waals surface area contributed by atoms with Gasteiger partial charge < -0.3 is 20.4 Å². The van der Waals surface area contributed by atoms with Gasteiger partial charge in [0.15, 0.2) is 0 Å². The first-order valence-electron chi connectivity index (χ1n) is 9.16. The molecule has 0 spiro atoms. The van der Waals surface area contributed by atoms with E-state index in [0.717, 1.165) is 11.1 Å². The smallest absolute Gasteiger partial charge is 0.368 e. The number of rotatable bonds is 2. The van der Waals surface area contributed by atoms with Crippen LogP contribution < -0.4 is 0 Å². The molecule has 0 radical (unpaired) electrons. The zero-order valence-corrected chi connectivity index (χ0v) is 15.5. The van der Waals surface area contributed by atoms with Gasteiger partial charge in [-0.25, -0.2) is 8.83 Å². The summed E-state index contributed by atoms with van der Waals surface area (Å²) in [5.74, 6) is 0.800. The van der Waals surface area contributed by atoms with Crippen LogP contribution in [0.1, 0.15) is 0 Å². The molecular formula is C24H16O6+2. The van der Waals surface area contributed by atoms with Crippen molar-refractivity contribution < 1.29 is 29.3 Å². The van der Waals surface area contributed by atoms with E-state index in [-0.39, 0.29) is 23.0 Å². The number of aromatic hydroxyl groups is 4. The monoisotopic (exact) mass is 400 g/mol. The van der Waals surface area contributed by atoms with Crippen LogP contribution in [0.3, 0.4) is 0 Å². The number of hydrogen-bond donors (Lipinski definition) is 4. The van der Waals surface area contributed by atoms with Gasteiger partial charge in [-0.15, -0.1) is 0 Å². The molecule has 0 bridgehead atoms. The third kappa shape index (κ3) is 3.00. The zero-order valence-electron chi connectivity index (χ0n) is 15.5. The summed E-state index contributed by atoms with van der Waals surface area (Å²) in [4.78, 5) is 0. The summed E-state index contributed by atoms with van der Waals surface area (Å²) in [5, 5.41) is 40.4. The van der Waals surface area contributed by atoms with Crippen molar-refractivity contribution in [1.82, 2.24) is 0 Å². The minimum atomic E-state index is -0.0869. The highest BCUT2D eigenvalue weighted by atomic mass is 16.3. The molecular weight excluding hydrogens is 384 g/mol. The Morgan fingerprint density at radius 2 is 0.967 bits per heavy atom. The van der Waals surface area contributed by atoms with E-state index in [1.807, 2.05) is 24.3 Å². The molecule has 3 aromatic carbocycles. The molecule has 2 heterocycles. The van der Waals surface area contributed by atoms with Crippen LogP contribution >= 0.6 is 0 Å². The molecule has 4 N–H and O–H groups in total. The molecule has 6 nitrogen and oxygen atoms in total.